The van der Waals surface area contributed by atoms with Crippen LogP contribution in [0.2, 0.25) is 0 Å². The fourth-order valence-electron chi connectivity index (χ4n) is 2.34. The number of methoxy groups -OCH3 is 1. The van der Waals surface area contributed by atoms with Gasteiger partial charge in [-0.1, -0.05) is 6.92 Å². The fraction of sp³-hybridized carbons (Fsp3) is 0.769. The van der Waals surface area contributed by atoms with Crippen LogP contribution in [0.25, 0.3) is 0 Å². The standard InChI is InChI=1S/C13H25N3O/c1-6-12(14-4)13-10(2)15-16(11(13)3)8-7-9-17-5/h12,14H,6-9H2,1-5H3. The SMILES string of the molecule is CCC(NC)c1c(C)nn(CCCOC)c1C. The van der Waals surface area contributed by atoms with Gasteiger partial charge in [0, 0.05) is 37.6 Å². The average Bonchev–Trinajstić information content (AvgIpc) is 2.59. The minimum Gasteiger partial charge on any atom is -0.385 e. The summed E-state index contributed by atoms with van der Waals surface area (Å²) in [6.45, 7) is 8.16. The Morgan fingerprint density at radius 3 is 2.65 bits per heavy atom. The summed E-state index contributed by atoms with van der Waals surface area (Å²) < 4.78 is 7.18. The number of hydrogen-bond acceptors (Lipinski definition) is 3. The van der Waals surface area contributed by atoms with E-state index in [0.29, 0.717) is 6.04 Å². The van der Waals surface area contributed by atoms with Gasteiger partial charge in [0.15, 0.2) is 0 Å². The Balaban J connectivity index is 2.85. The van der Waals surface area contributed by atoms with E-state index in [4.69, 9.17) is 4.74 Å². The average molecular weight is 239 g/mol. The third-order valence-electron chi connectivity index (χ3n) is 3.26. The molecule has 0 spiro atoms. The summed E-state index contributed by atoms with van der Waals surface area (Å²) in [5, 5.41) is 7.97. The molecule has 0 amide bonds. The number of aryl methyl sites for hydroxylation is 2. The third kappa shape index (κ3) is 3.30. The Kier molecular flexibility index (Phi) is 5.65. The Hall–Kier alpha value is -0.870. The molecule has 0 saturated carbocycles. The van der Waals surface area contributed by atoms with E-state index in [-0.39, 0.29) is 0 Å². The summed E-state index contributed by atoms with van der Waals surface area (Å²) in [4.78, 5) is 0. The van der Waals surface area contributed by atoms with E-state index in [0.717, 1.165) is 31.7 Å². The first-order valence-corrected chi connectivity index (χ1v) is 6.35. The van der Waals surface area contributed by atoms with Gasteiger partial charge in [-0.05, 0) is 33.7 Å². The van der Waals surface area contributed by atoms with Crippen molar-refractivity contribution in [3.63, 3.8) is 0 Å². The molecule has 1 aromatic rings. The van der Waals surface area contributed by atoms with Crippen molar-refractivity contribution >= 4 is 0 Å². The van der Waals surface area contributed by atoms with E-state index in [1.54, 1.807) is 7.11 Å². The molecule has 0 aliphatic heterocycles. The summed E-state index contributed by atoms with van der Waals surface area (Å²) in [5.74, 6) is 0. The molecule has 98 valence electrons. The lowest BCUT2D eigenvalue weighted by atomic mass is 10.0. The van der Waals surface area contributed by atoms with Crippen molar-refractivity contribution in [3.8, 4) is 0 Å². The molecule has 1 atom stereocenters. The van der Waals surface area contributed by atoms with Gasteiger partial charge in [-0.15, -0.1) is 0 Å². The third-order valence-corrected chi connectivity index (χ3v) is 3.26. The van der Waals surface area contributed by atoms with Crippen molar-refractivity contribution in [2.24, 2.45) is 0 Å². The van der Waals surface area contributed by atoms with E-state index in [9.17, 15) is 0 Å². The molecule has 0 radical (unpaired) electrons. The van der Waals surface area contributed by atoms with Crippen LogP contribution in [0.4, 0.5) is 0 Å². The molecule has 0 aliphatic carbocycles. The summed E-state index contributed by atoms with van der Waals surface area (Å²) in [6, 6.07) is 0.408. The largest absolute Gasteiger partial charge is 0.385 e. The molecule has 4 nitrogen and oxygen atoms in total. The van der Waals surface area contributed by atoms with Gasteiger partial charge in [0.1, 0.15) is 0 Å². The van der Waals surface area contributed by atoms with E-state index < -0.39 is 0 Å². The zero-order valence-electron chi connectivity index (χ0n) is 11.7. The van der Waals surface area contributed by atoms with Gasteiger partial charge in [-0.2, -0.15) is 5.10 Å². The van der Waals surface area contributed by atoms with Gasteiger partial charge < -0.3 is 10.1 Å². The number of ether oxygens (including phenoxy) is 1. The Morgan fingerprint density at radius 2 is 2.12 bits per heavy atom. The van der Waals surface area contributed by atoms with Crippen LogP contribution in [0.15, 0.2) is 0 Å². The summed E-state index contributed by atoms with van der Waals surface area (Å²) in [7, 11) is 3.75. The maximum Gasteiger partial charge on any atom is 0.0644 e. The molecule has 0 saturated heterocycles. The van der Waals surface area contributed by atoms with Crippen LogP contribution >= 0.6 is 0 Å². The van der Waals surface area contributed by atoms with Crippen LogP contribution in [-0.4, -0.2) is 30.5 Å². The molecule has 0 fully saturated rings. The highest BCUT2D eigenvalue weighted by Crippen LogP contribution is 2.23. The van der Waals surface area contributed by atoms with E-state index >= 15 is 0 Å². The Morgan fingerprint density at radius 1 is 1.41 bits per heavy atom. The second kappa shape index (κ2) is 6.77. The highest BCUT2D eigenvalue weighted by molar-refractivity contribution is 5.28. The second-order valence-electron chi connectivity index (χ2n) is 4.40. The molecule has 4 heteroatoms. The monoisotopic (exact) mass is 239 g/mol. The van der Waals surface area contributed by atoms with Gasteiger partial charge in [-0.25, -0.2) is 0 Å². The Bertz CT molecular complexity index is 343. The van der Waals surface area contributed by atoms with Crippen LogP contribution in [0, 0.1) is 13.8 Å². The maximum atomic E-state index is 5.08. The molecule has 0 aromatic carbocycles. The van der Waals surface area contributed by atoms with Crippen LogP contribution in [0.1, 0.15) is 42.8 Å². The molecule has 1 unspecified atom stereocenters. The number of nitrogens with zero attached hydrogens (tertiary/aromatic N) is 2. The first-order chi connectivity index (χ1) is 8.15. The van der Waals surface area contributed by atoms with Gasteiger partial charge in [0.05, 0.1) is 5.69 Å². The second-order valence-corrected chi connectivity index (χ2v) is 4.40. The predicted molar refractivity (Wildman–Crippen MR) is 70.3 cm³/mol. The summed E-state index contributed by atoms with van der Waals surface area (Å²) in [6.07, 6.45) is 2.09. The first-order valence-electron chi connectivity index (χ1n) is 6.35. The Labute approximate surface area is 104 Å². The molecule has 1 aromatic heterocycles. The molecular formula is C13H25N3O. The lowest BCUT2D eigenvalue weighted by Crippen LogP contribution is -2.17. The maximum absolute atomic E-state index is 5.08. The van der Waals surface area contributed by atoms with Crippen molar-refractivity contribution in [2.45, 2.75) is 46.2 Å². The predicted octanol–water partition coefficient (Wildman–Crippen LogP) is 2.21. The fourth-order valence-corrected chi connectivity index (χ4v) is 2.34. The van der Waals surface area contributed by atoms with Crippen LogP contribution in [-0.2, 0) is 11.3 Å². The molecule has 17 heavy (non-hydrogen) atoms. The van der Waals surface area contributed by atoms with Crippen molar-refractivity contribution in [1.29, 1.82) is 0 Å². The van der Waals surface area contributed by atoms with Gasteiger partial charge in [0.25, 0.3) is 0 Å². The topological polar surface area (TPSA) is 39.1 Å². The molecule has 1 N–H and O–H groups in total. The first kappa shape index (κ1) is 14.2. The molecule has 1 rings (SSSR count). The molecule has 0 aliphatic rings. The van der Waals surface area contributed by atoms with Gasteiger partial charge in [-0.3, -0.25) is 4.68 Å². The van der Waals surface area contributed by atoms with Crippen LogP contribution in [0.5, 0.6) is 0 Å². The van der Waals surface area contributed by atoms with Crippen LogP contribution < -0.4 is 5.32 Å². The summed E-state index contributed by atoms with van der Waals surface area (Å²) >= 11 is 0. The van der Waals surface area contributed by atoms with Gasteiger partial charge in [0.2, 0.25) is 0 Å². The van der Waals surface area contributed by atoms with Crippen LogP contribution in [0.3, 0.4) is 0 Å². The van der Waals surface area contributed by atoms with Crippen molar-refractivity contribution in [1.82, 2.24) is 15.1 Å². The minimum absolute atomic E-state index is 0.408. The van der Waals surface area contributed by atoms with Gasteiger partial charge >= 0.3 is 0 Å². The quantitative estimate of drug-likeness (QED) is 0.741. The highest BCUT2D eigenvalue weighted by atomic mass is 16.5. The van der Waals surface area contributed by atoms with Crippen molar-refractivity contribution < 1.29 is 4.74 Å². The van der Waals surface area contributed by atoms with Crippen molar-refractivity contribution in [2.75, 3.05) is 20.8 Å². The zero-order valence-corrected chi connectivity index (χ0v) is 11.7. The molecular weight excluding hydrogens is 214 g/mol. The van der Waals surface area contributed by atoms with E-state index in [1.165, 1.54) is 11.3 Å². The van der Waals surface area contributed by atoms with E-state index in [1.807, 2.05) is 7.05 Å². The lowest BCUT2D eigenvalue weighted by Gasteiger charge is -2.14. The number of aromatic nitrogens is 2. The van der Waals surface area contributed by atoms with E-state index in [2.05, 4.69) is 35.9 Å². The highest BCUT2D eigenvalue weighted by Gasteiger charge is 2.17. The van der Waals surface area contributed by atoms with Crippen molar-refractivity contribution in [3.05, 3.63) is 17.0 Å². The minimum atomic E-state index is 0.408. The zero-order chi connectivity index (χ0) is 12.8. The number of nitrogens with one attached hydrogen (secondary N) is 1. The normalized spacial score (nSPS) is 13.0. The smallest absolute Gasteiger partial charge is 0.0644 e. The molecule has 0 bridgehead atoms. The number of hydrogen-bond donors (Lipinski definition) is 1. The summed E-state index contributed by atoms with van der Waals surface area (Å²) in [5.41, 5.74) is 3.77. The lowest BCUT2D eigenvalue weighted by molar-refractivity contribution is 0.188. The molecule has 1 heterocycles. The number of rotatable bonds is 7.